The molecule has 27 heavy (non-hydrogen) atoms. The molecule has 2 nitrogen and oxygen atoms in total. The van der Waals surface area contributed by atoms with Crippen LogP contribution in [-0.2, 0) is 10.7 Å². The minimum Gasteiger partial charge on any atom is -0.301 e. The third-order valence-corrected chi connectivity index (χ3v) is 9.62. The molecule has 0 N–H and O–H groups in total. The van der Waals surface area contributed by atoms with Crippen molar-refractivity contribution in [3.63, 3.8) is 0 Å². The lowest BCUT2D eigenvalue weighted by Crippen LogP contribution is -2.34. The van der Waals surface area contributed by atoms with E-state index >= 15 is 0 Å². The number of alkyl halides is 1. The second-order valence-electron chi connectivity index (χ2n) is 6.81. The molecule has 4 heteroatoms. The number of rotatable bonds is 7. The predicted molar refractivity (Wildman–Crippen MR) is 119 cm³/mol. The fraction of sp³-hybridized carbons (Fsp3) is 0.217. The summed E-state index contributed by atoms with van der Waals surface area (Å²) in [6, 6.07) is 30.3. The van der Waals surface area contributed by atoms with Crippen LogP contribution < -0.4 is 5.30 Å². The van der Waals surface area contributed by atoms with E-state index < -0.39 is 7.29 Å². The highest BCUT2D eigenvalue weighted by molar-refractivity contribution is 9.09. The Balaban J connectivity index is 1.96. The third kappa shape index (κ3) is 4.60. The number of hydrogen-bond donors (Lipinski definition) is 0. The van der Waals surface area contributed by atoms with Gasteiger partial charge in [-0.3, -0.25) is 0 Å². The number of hydrogen-bond acceptors (Lipinski definition) is 1. The van der Waals surface area contributed by atoms with Gasteiger partial charge in [0.25, 0.3) is 0 Å². The first-order valence-corrected chi connectivity index (χ1v) is 11.9. The van der Waals surface area contributed by atoms with Gasteiger partial charge in [-0.15, -0.1) is 0 Å². The maximum Gasteiger partial charge on any atom is 0.182 e. The molecule has 0 aliphatic rings. The maximum absolute atomic E-state index is 14.4. The van der Waals surface area contributed by atoms with Gasteiger partial charge >= 0.3 is 0 Å². The van der Waals surface area contributed by atoms with Gasteiger partial charge in [0.15, 0.2) is 7.29 Å². The molecule has 0 aliphatic carbocycles. The van der Waals surface area contributed by atoms with Crippen molar-refractivity contribution in [3.05, 3.63) is 102 Å². The van der Waals surface area contributed by atoms with Gasteiger partial charge in [0.05, 0.1) is 4.83 Å². The smallest absolute Gasteiger partial charge is 0.182 e. The Labute approximate surface area is 170 Å². The number of likely N-dealkylation sites (N-methyl/N-ethyl adjacent to an activating group) is 1. The summed E-state index contributed by atoms with van der Waals surface area (Å²) in [4.78, 5) is 0.0940. The van der Waals surface area contributed by atoms with E-state index in [9.17, 15) is 4.57 Å². The van der Waals surface area contributed by atoms with Crippen molar-refractivity contribution in [2.24, 2.45) is 0 Å². The van der Waals surface area contributed by atoms with Crippen LogP contribution in [0.4, 0.5) is 0 Å². The van der Waals surface area contributed by atoms with Gasteiger partial charge in [0.2, 0.25) is 0 Å². The van der Waals surface area contributed by atoms with Crippen LogP contribution in [0.5, 0.6) is 0 Å². The highest BCUT2D eigenvalue weighted by Crippen LogP contribution is 2.53. The molecule has 3 atom stereocenters. The zero-order chi connectivity index (χ0) is 19.3. The number of nitrogens with zero attached hydrogens (tertiary/aromatic N) is 1. The van der Waals surface area contributed by atoms with Gasteiger partial charge in [-0.25, -0.2) is 4.67 Å². The van der Waals surface area contributed by atoms with E-state index in [1.165, 1.54) is 5.56 Å². The van der Waals surface area contributed by atoms with Crippen LogP contribution in [0.25, 0.3) is 0 Å². The SMILES string of the molecule is C[C@@H]([C@@H](Br)c1ccccc1)N(C)P(=O)(Cc1ccccc1)c1ccccc1. The Morgan fingerprint density at radius 1 is 0.852 bits per heavy atom. The summed E-state index contributed by atoms with van der Waals surface area (Å²) in [5.74, 6) is 0. The molecule has 1 unspecified atom stereocenters. The van der Waals surface area contributed by atoms with E-state index in [1.54, 1.807) is 0 Å². The topological polar surface area (TPSA) is 20.3 Å². The van der Waals surface area contributed by atoms with Gasteiger partial charge in [0, 0.05) is 17.5 Å². The first-order valence-electron chi connectivity index (χ1n) is 9.13. The first-order chi connectivity index (χ1) is 13.0. The van der Waals surface area contributed by atoms with E-state index in [0.29, 0.717) is 6.16 Å². The predicted octanol–water partition coefficient (Wildman–Crippen LogP) is 6.25. The van der Waals surface area contributed by atoms with Crippen LogP contribution >= 0.6 is 23.2 Å². The summed E-state index contributed by atoms with van der Waals surface area (Å²) in [6.45, 7) is 2.13. The minimum atomic E-state index is -2.81. The molecule has 0 aromatic heterocycles. The molecular weight excluding hydrogens is 417 g/mol. The van der Waals surface area contributed by atoms with Gasteiger partial charge in [0.1, 0.15) is 0 Å². The van der Waals surface area contributed by atoms with E-state index in [1.807, 2.05) is 73.8 Å². The Kier molecular flexibility index (Phi) is 6.70. The molecule has 0 aliphatic heterocycles. The third-order valence-electron chi connectivity index (χ3n) is 5.04. The average Bonchev–Trinajstić information content (AvgIpc) is 2.74. The van der Waals surface area contributed by atoms with Gasteiger partial charge in [-0.2, -0.15) is 0 Å². The largest absolute Gasteiger partial charge is 0.301 e. The zero-order valence-corrected chi connectivity index (χ0v) is 18.2. The lowest BCUT2D eigenvalue weighted by molar-refractivity contribution is 0.387. The quantitative estimate of drug-likeness (QED) is 0.319. The molecule has 3 aromatic carbocycles. The molecule has 0 saturated heterocycles. The summed E-state index contributed by atoms with van der Waals surface area (Å²) < 4.78 is 16.4. The average molecular weight is 442 g/mol. The van der Waals surface area contributed by atoms with Crippen LogP contribution in [0, 0.1) is 0 Å². The van der Waals surface area contributed by atoms with Crippen LogP contribution in [0.2, 0.25) is 0 Å². The van der Waals surface area contributed by atoms with Crippen molar-refractivity contribution in [1.82, 2.24) is 4.67 Å². The second kappa shape index (κ2) is 9.01. The lowest BCUT2D eigenvalue weighted by atomic mass is 10.1. The highest BCUT2D eigenvalue weighted by atomic mass is 79.9. The summed E-state index contributed by atoms with van der Waals surface area (Å²) in [6.07, 6.45) is 0.521. The van der Waals surface area contributed by atoms with E-state index in [0.717, 1.165) is 10.9 Å². The molecule has 3 aromatic rings. The Hall–Kier alpha value is -1.67. The van der Waals surface area contributed by atoms with Crippen molar-refractivity contribution in [1.29, 1.82) is 0 Å². The molecule has 0 spiro atoms. The van der Waals surface area contributed by atoms with Crippen molar-refractivity contribution < 1.29 is 4.57 Å². The Morgan fingerprint density at radius 2 is 1.33 bits per heavy atom. The standard InChI is InChI=1S/C23H25BrNOP/c1-19(23(24)21-14-8-4-9-15-21)25(2)27(26,22-16-10-5-11-17-22)18-20-12-6-3-7-13-20/h3-17,19,23H,18H2,1-2H3/t19-,23+,27?/m0/s1. The lowest BCUT2D eigenvalue weighted by Gasteiger charge is -2.36. The van der Waals surface area contributed by atoms with E-state index in [-0.39, 0.29) is 10.9 Å². The van der Waals surface area contributed by atoms with Gasteiger partial charge in [-0.1, -0.05) is 107 Å². The van der Waals surface area contributed by atoms with Crippen LogP contribution in [0.3, 0.4) is 0 Å². The van der Waals surface area contributed by atoms with Crippen LogP contribution in [-0.4, -0.2) is 17.8 Å². The minimum absolute atomic E-state index is 0.0575. The first kappa shape index (κ1) is 20.1. The monoisotopic (exact) mass is 441 g/mol. The number of halogens is 1. The Bertz CT molecular complexity index is 886. The molecule has 0 bridgehead atoms. The normalized spacial score (nSPS) is 15.9. The van der Waals surface area contributed by atoms with Crippen LogP contribution in [0.15, 0.2) is 91.0 Å². The van der Waals surface area contributed by atoms with Crippen LogP contribution in [0.1, 0.15) is 22.9 Å². The summed E-state index contributed by atoms with van der Waals surface area (Å²) in [7, 11) is -0.827. The fourth-order valence-electron chi connectivity index (χ4n) is 3.28. The molecule has 3 rings (SSSR count). The maximum atomic E-state index is 14.4. The molecule has 0 saturated carbocycles. The van der Waals surface area contributed by atoms with E-state index in [2.05, 4.69) is 51.8 Å². The second-order valence-corrected chi connectivity index (χ2v) is 10.7. The summed E-state index contributed by atoms with van der Waals surface area (Å²) in [5.41, 5.74) is 2.28. The number of benzene rings is 3. The Morgan fingerprint density at radius 3 is 1.89 bits per heavy atom. The molecule has 140 valence electrons. The summed E-state index contributed by atoms with van der Waals surface area (Å²) in [5, 5.41) is 0.899. The molecule has 0 fully saturated rings. The van der Waals surface area contributed by atoms with Gasteiger partial charge in [-0.05, 0) is 25.1 Å². The zero-order valence-electron chi connectivity index (χ0n) is 15.7. The van der Waals surface area contributed by atoms with Crippen molar-refractivity contribution in [2.75, 3.05) is 7.05 Å². The molecule has 0 radical (unpaired) electrons. The molecular formula is C23H25BrNOP. The van der Waals surface area contributed by atoms with Crippen molar-refractivity contribution >= 4 is 28.5 Å². The molecule has 0 amide bonds. The van der Waals surface area contributed by atoms with Crippen molar-refractivity contribution in [3.8, 4) is 0 Å². The highest BCUT2D eigenvalue weighted by Gasteiger charge is 2.35. The summed E-state index contributed by atoms with van der Waals surface area (Å²) >= 11 is 3.84. The van der Waals surface area contributed by atoms with Crippen molar-refractivity contribution in [2.45, 2.75) is 24.0 Å². The van der Waals surface area contributed by atoms with Gasteiger partial charge < -0.3 is 4.57 Å². The van der Waals surface area contributed by atoms with E-state index in [4.69, 9.17) is 0 Å². The molecule has 0 heterocycles. The fourth-order valence-corrected chi connectivity index (χ4v) is 6.95.